The molecule has 2 aromatic heterocycles. The van der Waals surface area contributed by atoms with Crippen LogP contribution in [0.25, 0.3) is 11.3 Å². The van der Waals surface area contributed by atoms with Crippen LogP contribution in [0.1, 0.15) is 60.9 Å². The molecule has 3 N–H and O–H groups in total. The predicted octanol–water partition coefficient (Wildman–Crippen LogP) is 5.59. The van der Waals surface area contributed by atoms with Crippen molar-refractivity contribution in [3.8, 4) is 11.3 Å². The van der Waals surface area contributed by atoms with Crippen LogP contribution in [0.5, 0.6) is 0 Å². The predicted molar refractivity (Wildman–Crippen MR) is 143 cm³/mol. The highest BCUT2D eigenvalue weighted by Crippen LogP contribution is 2.32. The van der Waals surface area contributed by atoms with Gasteiger partial charge in [-0.15, -0.1) is 0 Å². The van der Waals surface area contributed by atoms with Gasteiger partial charge >= 0.3 is 6.18 Å². The number of rotatable bonds is 8. The van der Waals surface area contributed by atoms with E-state index >= 15 is 0 Å². The number of fused-ring (bicyclic) bond motifs is 1. The van der Waals surface area contributed by atoms with E-state index in [2.05, 4.69) is 39.8 Å². The Kier molecular flexibility index (Phi) is 7.88. The number of anilines is 2. The summed E-state index contributed by atoms with van der Waals surface area (Å²) in [5, 5.41) is 14.3. The maximum absolute atomic E-state index is 12.9. The molecule has 0 spiro atoms. The minimum absolute atomic E-state index is 0.378. The van der Waals surface area contributed by atoms with E-state index in [1.54, 1.807) is 6.20 Å². The van der Waals surface area contributed by atoms with Gasteiger partial charge in [0.15, 0.2) is 0 Å². The Morgan fingerprint density at radius 1 is 1.00 bits per heavy atom. The Labute approximate surface area is 221 Å². The minimum Gasteiger partial charge on any atom is -0.362 e. The molecule has 0 aliphatic heterocycles. The molecule has 10 heteroatoms. The van der Waals surface area contributed by atoms with E-state index in [0.29, 0.717) is 29.8 Å². The van der Waals surface area contributed by atoms with Crippen LogP contribution in [0.15, 0.2) is 30.5 Å². The molecule has 0 amide bonds. The number of alkyl halides is 3. The fourth-order valence-electron chi connectivity index (χ4n) is 5.63. The first-order chi connectivity index (χ1) is 18.3. The fraction of sp³-hybridized carbons (Fsp3) is 0.536. The first-order valence-electron chi connectivity index (χ1n) is 13.5. The van der Waals surface area contributed by atoms with E-state index in [1.165, 1.54) is 36.2 Å². The molecule has 204 valence electrons. The summed E-state index contributed by atoms with van der Waals surface area (Å²) in [6, 6.07) is 5.53. The number of hydrogen-bond acceptors (Lipinski definition) is 6. The molecule has 38 heavy (non-hydrogen) atoms. The Morgan fingerprint density at radius 3 is 2.45 bits per heavy atom. The number of nitrogens with zero attached hydrogens (tertiary/aromatic N) is 4. The van der Waals surface area contributed by atoms with E-state index in [-0.39, 0.29) is 0 Å². The smallest absolute Gasteiger partial charge is 0.362 e. The van der Waals surface area contributed by atoms with Gasteiger partial charge in [-0.1, -0.05) is 12.1 Å². The van der Waals surface area contributed by atoms with E-state index in [0.717, 1.165) is 74.5 Å². The van der Waals surface area contributed by atoms with Gasteiger partial charge in [0, 0.05) is 49.6 Å². The lowest BCUT2D eigenvalue weighted by Crippen LogP contribution is -2.32. The molecule has 5 rings (SSSR count). The van der Waals surface area contributed by atoms with Gasteiger partial charge in [-0.3, -0.25) is 5.10 Å². The molecule has 3 aromatic rings. The third kappa shape index (κ3) is 6.11. The summed E-state index contributed by atoms with van der Waals surface area (Å²) in [5.41, 5.74) is 4.15. The highest BCUT2D eigenvalue weighted by molar-refractivity contribution is 5.63. The van der Waals surface area contributed by atoms with Crippen molar-refractivity contribution in [3.63, 3.8) is 0 Å². The third-order valence-electron chi connectivity index (χ3n) is 7.72. The van der Waals surface area contributed by atoms with E-state index < -0.39 is 11.7 Å². The van der Waals surface area contributed by atoms with Crippen LogP contribution >= 0.6 is 0 Å². The highest BCUT2D eigenvalue weighted by Gasteiger charge is 2.30. The quantitative estimate of drug-likeness (QED) is 0.354. The van der Waals surface area contributed by atoms with Crippen LogP contribution in [0.4, 0.5) is 24.9 Å². The summed E-state index contributed by atoms with van der Waals surface area (Å²) in [6.45, 7) is 1.51. The van der Waals surface area contributed by atoms with Crippen molar-refractivity contribution >= 4 is 11.8 Å². The minimum atomic E-state index is -4.34. The maximum atomic E-state index is 12.9. The van der Waals surface area contributed by atoms with Crippen molar-refractivity contribution in [1.82, 2.24) is 25.5 Å². The first-order valence-corrected chi connectivity index (χ1v) is 13.5. The molecule has 1 fully saturated rings. The number of halogens is 3. The van der Waals surface area contributed by atoms with Gasteiger partial charge in [0.2, 0.25) is 5.95 Å². The van der Waals surface area contributed by atoms with Gasteiger partial charge in [-0.05, 0) is 76.0 Å². The Morgan fingerprint density at radius 2 is 1.74 bits per heavy atom. The Balaban J connectivity index is 1.11. The van der Waals surface area contributed by atoms with E-state index in [4.69, 9.17) is 9.97 Å². The van der Waals surface area contributed by atoms with Crippen LogP contribution in [-0.2, 0) is 25.6 Å². The van der Waals surface area contributed by atoms with Crippen LogP contribution in [0.2, 0.25) is 0 Å². The van der Waals surface area contributed by atoms with E-state index in [1.807, 2.05) is 0 Å². The van der Waals surface area contributed by atoms with Gasteiger partial charge in [0.25, 0.3) is 0 Å². The molecule has 0 saturated heterocycles. The maximum Gasteiger partial charge on any atom is 0.416 e. The molecule has 1 saturated carbocycles. The van der Waals surface area contributed by atoms with Crippen molar-refractivity contribution < 1.29 is 13.2 Å². The molecular formula is C28H36F3N7. The number of H-pyrrole nitrogens is 1. The number of hydrogen-bond donors (Lipinski definition) is 3. The van der Waals surface area contributed by atoms with Crippen molar-refractivity contribution in [3.05, 3.63) is 52.8 Å². The summed E-state index contributed by atoms with van der Waals surface area (Å²) in [5.74, 6) is 2.38. The molecule has 2 heterocycles. The SMILES string of the molecule is CN(C)c1nc(N[C@H]2CC[C@@H](CNCc3c[nH]nc3-c3ccc(C(F)(F)F)cc3)CC2)nc2c1CCCC2. The number of nitrogens with one attached hydrogen (secondary N) is 3. The summed E-state index contributed by atoms with van der Waals surface area (Å²) >= 11 is 0. The van der Waals surface area contributed by atoms with Crippen LogP contribution in [0.3, 0.4) is 0 Å². The number of aryl methyl sites for hydroxylation is 1. The first kappa shape index (κ1) is 26.5. The Bertz CT molecular complexity index is 1210. The molecule has 0 unspecified atom stereocenters. The van der Waals surface area contributed by atoms with Crippen molar-refractivity contribution in [1.29, 1.82) is 0 Å². The van der Waals surface area contributed by atoms with Crippen LogP contribution in [0, 0.1) is 5.92 Å². The topological polar surface area (TPSA) is 81.8 Å². The second-order valence-corrected chi connectivity index (χ2v) is 10.7. The molecule has 0 bridgehead atoms. The second kappa shape index (κ2) is 11.3. The third-order valence-corrected chi connectivity index (χ3v) is 7.72. The molecule has 2 aliphatic carbocycles. The molecule has 0 radical (unpaired) electrons. The zero-order valence-electron chi connectivity index (χ0n) is 22.0. The summed E-state index contributed by atoms with van der Waals surface area (Å²) in [7, 11) is 4.10. The number of aromatic amines is 1. The zero-order valence-corrected chi connectivity index (χ0v) is 22.0. The van der Waals surface area contributed by atoms with Crippen LogP contribution < -0.4 is 15.5 Å². The fourth-order valence-corrected chi connectivity index (χ4v) is 5.63. The lowest BCUT2D eigenvalue weighted by Gasteiger charge is -2.30. The number of aromatic nitrogens is 4. The lowest BCUT2D eigenvalue weighted by atomic mass is 9.86. The average molecular weight is 528 g/mol. The monoisotopic (exact) mass is 527 g/mol. The van der Waals surface area contributed by atoms with Gasteiger partial charge in [0.05, 0.1) is 17.0 Å². The molecule has 2 aliphatic rings. The summed E-state index contributed by atoms with van der Waals surface area (Å²) in [6.07, 6.45) is 6.35. The Hall–Kier alpha value is -3.14. The average Bonchev–Trinajstić information content (AvgIpc) is 3.37. The largest absolute Gasteiger partial charge is 0.416 e. The summed E-state index contributed by atoms with van der Waals surface area (Å²) < 4.78 is 38.6. The lowest BCUT2D eigenvalue weighted by molar-refractivity contribution is -0.137. The standard InChI is InChI=1S/C28H36F3N7/c1-38(2)26-23-5-3-4-6-24(23)35-27(36-26)34-22-13-7-18(8-14-22)15-32-16-20-17-33-37-25(20)19-9-11-21(12-10-19)28(29,30)31/h9-12,17-18,22,32H,3-8,13-16H2,1-2H3,(H,33,37)(H,34,35,36)/t18-,22+. The van der Waals surface area contributed by atoms with E-state index in [9.17, 15) is 13.2 Å². The van der Waals surface area contributed by atoms with Crippen molar-refractivity contribution in [2.24, 2.45) is 5.92 Å². The molecular weight excluding hydrogens is 491 g/mol. The molecule has 7 nitrogen and oxygen atoms in total. The van der Waals surface area contributed by atoms with Gasteiger partial charge in [-0.25, -0.2) is 4.98 Å². The normalized spacial score (nSPS) is 19.7. The molecule has 1 aromatic carbocycles. The molecule has 0 atom stereocenters. The van der Waals surface area contributed by atoms with Crippen molar-refractivity contribution in [2.75, 3.05) is 30.9 Å². The van der Waals surface area contributed by atoms with Gasteiger partial charge < -0.3 is 15.5 Å². The highest BCUT2D eigenvalue weighted by atomic mass is 19.4. The van der Waals surface area contributed by atoms with Gasteiger partial charge in [-0.2, -0.15) is 23.3 Å². The van der Waals surface area contributed by atoms with Gasteiger partial charge in [0.1, 0.15) is 5.82 Å². The summed E-state index contributed by atoms with van der Waals surface area (Å²) in [4.78, 5) is 11.8. The second-order valence-electron chi connectivity index (χ2n) is 10.7. The zero-order chi connectivity index (χ0) is 26.7. The van der Waals surface area contributed by atoms with Crippen molar-refractivity contribution in [2.45, 2.75) is 70.1 Å². The number of benzene rings is 1. The van der Waals surface area contributed by atoms with Crippen LogP contribution in [-0.4, -0.2) is 46.8 Å².